The van der Waals surface area contributed by atoms with Crippen molar-refractivity contribution in [2.75, 3.05) is 18.0 Å². The number of carboxylic acid groups (broad SMARTS) is 1. The van der Waals surface area contributed by atoms with Gasteiger partial charge in [-0.15, -0.1) is 0 Å². The molecule has 1 saturated heterocycles. The van der Waals surface area contributed by atoms with E-state index >= 15 is 0 Å². The second-order valence-corrected chi connectivity index (χ2v) is 7.58. The number of halogens is 1. The Morgan fingerprint density at radius 3 is 3.00 bits per heavy atom. The van der Waals surface area contributed by atoms with Crippen LogP contribution < -0.4 is 15.8 Å². The number of pyridine rings is 1. The normalized spacial score (nSPS) is 18.1. The molecule has 0 aliphatic carbocycles. The third kappa shape index (κ3) is 4.30. The third-order valence-electron chi connectivity index (χ3n) is 5.21. The van der Waals surface area contributed by atoms with Gasteiger partial charge < -0.3 is 20.2 Å². The Kier molecular flexibility index (Phi) is 6.58. The highest BCUT2D eigenvalue weighted by Gasteiger charge is 2.31. The minimum atomic E-state index is -1.21. The summed E-state index contributed by atoms with van der Waals surface area (Å²) in [4.78, 5) is 32.6. The Bertz CT molecular complexity index is 904. The van der Waals surface area contributed by atoms with Crippen LogP contribution in [0.4, 0.5) is 16.2 Å². The maximum Gasteiger partial charge on any atom is 0.421 e. The van der Waals surface area contributed by atoms with Gasteiger partial charge in [0, 0.05) is 13.1 Å². The summed E-state index contributed by atoms with van der Waals surface area (Å²) in [6.45, 7) is 2.89. The molecule has 3 heterocycles. The van der Waals surface area contributed by atoms with Gasteiger partial charge in [0.1, 0.15) is 11.0 Å². The molecule has 2 aromatic rings. The molecule has 2 aromatic heterocycles. The van der Waals surface area contributed by atoms with E-state index in [1.165, 1.54) is 12.4 Å². The van der Waals surface area contributed by atoms with Crippen LogP contribution in [-0.2, 0) is 4.79 Å². The van der Waals surface area contributed by atoms with Crippen molar-refractivity contribution in [1.29, 1.82) is 0 Å². The van der Waals surface area contributed by atoms with E-state index in [9.17, 15) is 19.9 Å². The zero-order valence-electron chi connectivity index (χ0n) is 16.2. The Morgan fingerprint density at radius 2 is 2.31 bits per heavy atom. The average Bonchev–Trinajstić information content (AvgIpc) is 3.14. The molecule has 2 amide bonds. The van der Waals surface area contributed by atoms with Crippen LogP contribution in [0.15, 0.2) is 12.4 Å². The number of anilines is 1. The van der Waals surface area contributed by atoms with Crippen molar-refractivity contribution in [1.82, 2.24) is 15.0 Å². The maximum absolute atomic E-state index is 12.8. The Hall–Kier alpha value is -2.40. The molecule has 2 atom stereocenters. The van der Waals surface area contributed by atoms with Crippen molar-refractivity contribution in [2.24, 2.45) is 5.84 Å². The molecule has 0 aromatic carbocycles. The number of nitrogens with two attached hydrogens (primary N) is 1. The number of hydrogen-bond acceptors (Lipinski definition) is 6. The number of amides is 2. The number of unbranched alkanes of at least 4 members (excludes halogenated alkanes) is 1. The summed E-state index contributed by atoms with van der Waals surface area (Å²) in [6, 6.07) is -0.412. The fraction of sp³-hybridized carbons (Fsp3) is 0.500. The number of quaternary nitrogens is 1. The van der Waals surface area contributed by atoms with Gasteiger partial charge in [0.25, 0.3) is 0 Å². The topological polar surface area (TPSA) is 143 Å². The van der Waals surface area contributed by atoms with Gasteiger partial charge in [0.15, 0.2) is 5.69 Å². The predicted octanol–water partition coefficient (Wildman–Crippen LogP) is 1.77. The number of piperidine rings is 1. The molecule has 29 heavy (non-hydrogen) atoms. The van der Waals surface area contributed by atoms with E-state index in [2.05, 4.69) is 9.97 Å². The fourth-order valence-corrected chi connectivity index (χ4v) is 3.95. The van der Waals surface area contributed by atoms with Gasteiger partial charge in [-0.25, -0.2) is 25.4 Å². The maximum atomic E-state index is 12.8. The lowest BCUT2D eigenvalue weighted by Crippen LogP contribution is -3.05. The van der Waals surface area contributed by atoms with Crippen LogP contribution in [0.3, 0.4) is 0 Å². The number of hydroxylamine groups is 1. The van der Waals surface area contributed by atoms with E-state index < -0.39 is 23.1 Å². The molecule has 0 spiro atoms. The van der Waals surface area contributed by atoms with Crippen LogP contribution in [-0.4, -0.2) is 51.2 Å². The van der Waals surface area contributed by atoms with Crippen LogP contribution in [0.25, 0.3) is 11.0 Å². The molecule has 11 heteroatoms. The highest BCUT2D eigenvalue weighted by Crippen LogP contribution is 2.37. The summed E-state index contributed by atoms with van der Waals surface area (Å²) in [5.41, 5.74) is 1.24. The molecular formula is C18H25ClN6O4. The molecule has 158 valence electrons. The van der Waals surface area contributed by atoms with Crippen LogP contribution in [0, 0.1) is 5.21 Å². The van der Waals surface area contributed by atoms with Crippen molar-refractivity contribution < 1.29 is 19.8 Å². The standard InChI is InChI=1S/C18H25ClN6O4/c1-2-3-6-14(26)25(29)13-9-22-17-15(13)16(12(19)8-21-17)23-7-4-5-11(10-23)24(20)18(27)28/h8-9,11,25H,2-7,10,20H2,1H3,(H,21,22)(H,27,28)/t11-/m1/s1. The van der Waals surface area contributed by atoms with E-state index in [0.29, 0.717) is 54.1 Å². The first-order chi connectivity index (χ1) is 13.8. The number of nitrogens with zero attached hydrogens (tertiary/aromatic N) is 3. The number of aromatic amines is 1. The van der Waals surface area contributed by atoms with Gasteiger partial charge in [0.05, 0.1) is 35.6 Å². The first-order valence-corrected chi connectivity index (χ1v) is 9.97. The third-order valence-corrected chi connectivity index (χ3v) is 5.49. The number of nitrogens with one attached hydrogen (secondary N) is 2. The average molecular weight is 425 g/mol. The summed E-state index contributed by atoms with van der Waals surface area (Å²) in [5.74, 6) is 5.23. The summed E-state index contributed by atoms with van der Waals surface area (Å²) in [6.07, 6.45) is 4.74. The van der Waals surface area contributed by atoms with Gasteiger partial charge in [-0.05, 0) is 19.3 Å². The van der Waals surface area contributed by atoms with E-state index in [0.717, 1.165) is 11.4 Å². The lowest BCUT2D eigenvalue weighted by Gasteiger charge is -2.37. The monoisotopic (exact) mass is 424 g/mol. The van der Waals surface area contributed by atoms with Crippen molar-refractivity contribution in [3.8, 4) is 0 Å². The Morgan fingerprint density at radius 1 is 1.55 bits per heavy atom. The van der Waals surface area contributed by atoms with Gasteiger partial charge in [0.2, 0.25) is 0 Å². The van der Waals surface area contributed by atoms with Crippen molar-refractivity contribution >= 4 is 46.0 Å². The Labute approximate surface area is 172 Å². The van der Waals surface area contributed by atoms with Gasteiger partial charge in [-0.1, -0.05) is 24.9 Å². The quantitative estimate of drug-likeness (QED) is 0.314. The molecule has 0 bridgehead atoms. The number of fused-ring (bicyclic) bond motifs is 1. The molecule has 5 N–H and O–H groups in total. The van der Waals surface area contributed by atoms with Crippen LogP contribution in [0.2, 0.25) is 5.02 Å². The zero-order chi connectivity index (χ0) is 21.1. The fourth-order valence-electron chi connectivity index (χ4n) is 3.69. The number of carbonyl (C=O) groups excluding carboxylic acids is 1. The molecule has 1 unspecified atom stereocenters. The number of hydrazine groups is 1. The lowest BCUT2D eigenvalue weighted by molar-refractivity contribution is -0.688. The summed E-state index contributed by atoms with van der Waals surface area (Å²) in [5, 5.41) is 23.0. The highest BCUT2D eigenvalue weighted by atomic mass is 35.5. The molecule has 1 fully saturated rings. The van der Waals surface area contributed by atoms with Crippen molar-refractivity contribution in [2.45, 2.75) is 45.1 Å². The summed E-state index contributed by atoms with van der Waals surface area (Å²) < 4.78 is 0. The molecule has 1 aliphatic heterocycles. The number of hydrogen-bond donors (Lipinski definition) is 4. The molecule has 3 rings (SSSR count). The number of rotatable bonds is 6. The second-order valence-electron chi connectivity index (χ2n) is 7.17. The molecule has 0 saturated carbocycles. The first kappa shape index (κ1) is 21.3. The van der Waals surface area contributed by atoms with Crippen molar-refractivity contribution in [3.63, 3.8) is 0 Å². The smallest absolute Gasteiger partial charge is 0.421 e. The summed E-state index contributed by atoms with van der Waals surface area (Å²) in [7, 11) is 0. The first-order valence-electron chi connectivity index (χ1n) is 9.60. The second kappa shape index (κ2) is 8.95. The number of carbonyl (C=O) groups is 2. The van der Waals surface area contributed by atoms with E-state index in [-0.39, 0.29) is 12.1 Å². The predicted molar refractivity (Wildman–Crippen MR) is 109 cm³/mol. The minimum Gasteiger partial charge on any atom is -0.621 e. The van der Waals surface area contributed by atoms with E-state index in [1.54, 1.807) is 0 Å². The van der Waals surface area contributed by atoms with E-state index in [1.807, 2.05) is 11.8 Å². The Balaban J connectivity index is 1.99. The molecule has 10 nitrogen and oxygen atoms in total. The molecule has 1 aliphatic rings. The van der Waals surface area contributed by atoms with Gasteiger partial charge in [-0.2, -0.15) is 0 Å². The van der Waals surface area contributed by atoms with Gasteiger partial charge >= 0.3 is 12.0 Å². The zero-order valence-corrected chi connectivity index (χ0v) is 16.9. The van der Waals surface area contributed by atoms with Crippen LogP contribution in [0.5, 0.6) is 0 Å². The molecular weight excluding hydrogens is 400 g/mol. The number of H-pyrrole nitrogens is 1. The highest BCUT2D eigenvalue weighted by molar-refractivity contribution is 6.35. The SMILES string of the molecule is CCCCC(=O)[NH+]([O-])c1c[nH]c2ncc(Cl)c(N3CCC[C@@H](N(N)C(=O)O)C3)c12. The van der Waals surface area contributed by atoms with E-state index in [4.69, 9.17) is 17.4 Å². The van der Waals surface area contributed by atoms with Crippen LogP contribution in [0.1, 0.15) is 39.0 Å². The lowest BCUT2D eigenvalue weighted by atomic mass is 10.0. The van der Waals surface area contributed by atoms with Gasteiger partial charge in [-0.3, -0.25) is 5.06 Å². The van der Waals surface area contributed by atoms with Crippen LogP contribution >= 0.6 is 11.6 Å². The minimum absolute atomic E-state index is 0.192. The van der Waals surface area contributed by atoms with Crippen molar-refractivity contribution in [3.05, 3.63) is 22.6 Å². The number of aromatic nitrogens is 2. The molecule has 0 radical (unpaired) electrons. The largest absolute Gasteiger partial charge is 0.621 e. The summed E-state index contributed by atoms with van der Waals surface area (Å²) >= 11 is 6.45.